The number of hydrogen-bond acceptors (Lipinski definition) is 1. The summed E-state index contributed by atoms with van der Waals surface area (Å²) in [5.41, 5.74) is 5.85. The van der Waals surface area contributed by atoms with Gasteiger partial charge < -0.3 is 5.73 Å². The van der Waals surface area contributed by atoms with Crippen LogP contribution in [0.2, 0.25) is 5.02 Å². The van der Waals surface area contributed by atoms with Crippen LogP contribution in [0.4, 0.5) is 18.9 Å². The van der Waals surface area contributed by atoms with Crippen LogP contribution in [0, 0.1) is 11.8 Å². The summed E-state index contributed by atoms with van der Waals surface area (Å²) >= 11 is 5.61. The molecule has 2 N–H and O–H groups in total. The topological polar surface area (TPSA) is 26.0 Å². The summed E-state index contributed by atoms with van der Waals surface area (Å²) in [5, 5.41) is 0.113. The molecule has 0 radical (unpaired) electrons. The lowest BCUT2D eigenvalue weighted by atomic mass is 10.2. The molecule has 74 valence electrons. The van der Waals surface area contributed by atoms with E-state index in [2.05, 4.69) is 0 Å². The van der Waals surface area contributed by atoms with Gasteiger partial charge in [-0.15, -0.1) is 0 Å². The van der Waals surface area contributed by atoms with Gasteiger partial charge in [-0.3, -0.25) is 0 Å². The van der Waals surface area contributed by atoms with E-state index < -0.39 is 6.18 Å². The van der Waals surface area contributed by atoms with Gasteiger partial charge in [0.25, 0.3) is 0 Å². The van der Waals surface area contributed by atoms with E-state index in [1.807, 2.05) is 5.92 Å². The van der Waals surface area contributed by atoms with Crippen LogP contribution >= 0.6 is 11.6 Å². The molecule has 0 aliphatic carbocycles. The van der Waals surface area contributed by atoms with Crippen LogP contribution in [-0.2, 0) is 0 Å². The van der Waals surface area contributed by atoms with Crippen molar-refractivity contribution in [3.8, 4) is 11.8 Å². The van der Waals surface area contributed by atoms with Crippen LogP contribution in [0.1, 0.15) is 5.56 Å². The van der Waals surface area contributed by atoms with Crippen molar-refractivity contribution >= 4 is 17.3 Å². The minimum Gasteiger partial charge on any atom is -0.399 e. The molecule has 1 nitrogen and oxygen atoms in total. The van der Waals surface area contributed by atoms with E-state index in [1.165, 1.54) is 18.2 Å². The molecule has 1 aromatic rings. The molecule has 1 aromatic carbocycles. The summed E-state index contributed by atoms with van der Waals surface area (Å²) in [7, 11) is 0. The van der Waals surface area contributed by atoms with Gasteiger partial charge in [0, 0.05) is 17.2 Å². The number of rotatable bonds is 0. The number of benzene rings is 1. The molecule has 0 saturated carbocycles. The summed E-state index contributed by atoms with van der Waals surface area (Å²) in [6, 6.07) is 4.13. The lowest BCUT2D eigenvalue weighted by Crippen LogP contribution is -2.01. The van der Waals surface area contributed by atoms with E-state index in [1.54, 1.807) is 0 Å². The maximum Gasteiger partial charge on any atom is 0.458 e. The van der Waals surface area contributed by atoms with Gasteiger partial charge in [0.1, 0.15) is 0 Å². The summed E-state index contributed by atoms with van der Waals surface area (Å²) in [4.78, 5) is 0. The summed E-state index contributed by atoms with van der Waals surface area (Å²) in [6.45, 7) is 0. The minimum atomic E-state index is -4.51. The standard InChI is InChI=1S/C9H5ClF3N/c10-8-5-7(14)2-1-6(8)3-4-9(11,12)13/h1-2,5H,14H2. The van der Waals surface area contributed by atoms with Crippen LogP contribution in [-0.4, -0.2) is 6.18 Å². The fraction of sp³-hybridized carbons (Fsp3) is 0.111. The molecule has 0 atom stereocenters. The predicted molar refractivity (Wildman–Crippen MR) is 48.8 cm³/mol. The van der Waals surface area contributed by atoms with Crippen molar-refractivity contribution in [2.75, 3.05) is 5.73 Å². The average Bonchev–Trinajstić information content (AvgIpc) is 2.00. The van der Waals surface area contributed by atoms with Gasteiger partial charge in [-0.25, -0.2) is 0 Å². The molecule has 0 unspecified atom stereocenters. The van der Waals surface area contributed by atoms with Gasteiger partial charge >= 0.3 is 6.18 Å². The molecule has 1 rings (SSSR count). The largest absolute Gasteiger partial charge is 0.458 e. The molecule has 0 spiro atoms. The molecule has 0 aliphatic heterocycles. The third-order valence-electron chi connectivity index (χ3n) is 1.33. The second-order valence-corrected chi connectivity index (χ2v) is 2.89. The number of hydrogen-bond donors (Lipinski definition) is 1. The molecular weight excluding hydrogens is 215 g/mol. The zero-order chi connectivity index (χ0) is 10.8. The Morgan fingerprint density at radius 1 is 1.29 bits per heavy atom. The molecular formula is C9H5ClF3N. The molecule has 5 heteroatoms. The molecule has 0 aromatic heterocycles. The minimum absolute atomic E-state index is 0.109. The molecule has 0 bridgehead atoms. The lowest BCUT2D eigenvalue weighted by molar-refractivity contribution is -0.0696. The van der Waals surface area contributed by atoms with E-state index in [4.69, 9.17) is 17.3 Å². The summed E-state index contributed by atoms with van der Waals surface area (Å²) in [5.74, 6) is 3.04. The van der Waals surface area contributed by atoms with Crippen molar-refractivity contribution in [2.24, 2.45) is 0 Å². The van der Waals surface area contributed by atoms with Crippen LogP contribution < -0.4 is 5.73 Å². The van der Waals surface area contributed by atoms with Crippen molar-refractivity contribution in [2.45, 2.75) is 6.18 Å². The normalized spacial score (nSPS) is 10.6. The Kier molecular flexibility index (Phi) is 2.92. The Bertz CT molecular complexity index is 401. The van der Waals surface area contributed by atoms with Crippen molar-refractivity contribution in [1.29, 1.82) is 0 Å². The van der Waals surface area contributed by atoms with Gasteiger partial charge in [-0.05, 0) is 18.2 Å². The quantitative estimate of drug-likeness (QED) is 0.527. The van der Waals surface area contributed by atoms with E-state index in [0.717, 1.165) is 5.92 Å². The van der Waals surface area contributed by atoms with Crippen molar-refractivity contribution in [3.63, 3.8) is 0 Å². The van der Waals surface area contributed by atoms with Crippen LogP contribution in [0.5, 0.6) is 0 Å². The van der Waals surface area contributed by atoms with Crippen molar-refractivity contribution in [1.82, 2.24) is 0 Å². The Balaban J connectivity index is 3.02. The Labute approximate surface area is 83.7 Å². The molecule has 0 amide bonds. The third kappa shape index (κ3) is 3.19. The predicted octanol–water partition coefficient (Wildman–Crippen LogP) is 2.84. The third-order valence-corrected chi connectivity index (χ3v) is 1.64. The van der Waals surface area contributed by atoms with E-state index >= 15 is 0 Å². The van der Waals surface area contributed by atoms with Gasteiger partial charge in [-0.1, -0.05) is 17.5 Å². The van der Waals surface area contributed by atoms with Gasteiger partial charge in [-0.2, -0.15) is 13.2 Å². The average molecular weight is 220 g/mol. The second-order valence-electron chi connectivity index (χ2n) is 2.49. The number of anilines is 1. The first kappa shape index (κ1) is 10.7. The number of halogens is 4. The highest BCUT2D eigenvalue weighted by atomic mass is 35.5. The summed E-state index contributed by atoms with van der Waals surface area (Å²) < 4.78 is 35.1. The first-order chi connectivity index (χ1) is 6.38. The van der Waals surface area contributed by atoms with Crippen molar-refractivity contribution < 1.29 is 13.2 Å². The zero-order valence-electron chi connectivity index (χ0n) is 6.82. The lowest BCUT2D eigenvalue weighted by Gasteiger charge is -1.97. The van der Waals surface area contributed by atoms with Gasteiger partial charge in [0.05, 0.1) is 5.02 Å². The fourth-order valence-corrected chi connectivity index (χ4v) is 1.01. The Hall–Kier alpha value is -1.34. The maximum absolute atomic E-state index is 11.7. The zero-order valence-corrected chi connectivity index (χ0v) is 7.58. The van der Waals surface area contributed by atoms with Crippen LogP contribution in [0.15, 0.2) is 18.2 Å². The van der Waals surface area contributed by atoms with Crippen LogP contribution in [0.25, 0.3) is 0 Å². The smallest absolute Gasteiger partial charge is 0.399 e. The van der Waals surface area contributed by atoms with Crippen LogP contribution in [0.3, 0.4) is 0 Å². The second kappa shape index (κ2) is 3.81. The highest BCUT2D eigenvalue weighted by Crippen LogP contribution is 2.19. The summed E-state index contributed by atoms with van der Waals surface area (Å²) in [6.07, 6.45) is -4.51. The van der Waals surface area contributed by atoms with E-state index in [0.29, 0.717) is 5.69 Å². The number of nitrogen functional groups attached to an aromatic ring is 1. The molecule has 0 saturated heterocycles. The highest BCUT2D eigenvalue weighted by Gasteiger charge is 2.22. The highest BCUT2D eigenvalue weighted by molar-refractivity contribution is 6.32. The van der Waals surface area contributed by atoms with Gasteiger partial charge in [0.15, 0.2) is 0 Å². The Morgan fingerprint density at radius 3 is 2.43 bits per heavy atom. The van der Waals surface area contributed by atoms with Gasteiger partial charge in [0.2, 0.25) is 0 Å². The first-order valence-corrected chi connectivity index (χ1v) is 3.91. The molecule has 14 heavy (non-hydrogen) atoms. The maximum atomic E-state index is 11.7. The van der Waals surface area contributed by atoms with E-state index in [9.17, 15) is 13.2 Å². The number of alkyl halides is 3. The van der Waals surface area contributed by atoms with E-state index in [-0.39, 0.29) is 10.6 Å². The molecule has 0 fully saturated rings. The molecule has 0 heterocycles. The Morgan fingerprint density at radius 2 is 1.93 bits per heavy atom. The van der Waals surface area contributed by atoms with Crippen molar-refractivity contribution in [3.05, 3.63) is 28.8 Å². The SMILES string of the molecule is Nc1ccc(C#CC(F)(F)F)c(Cl)c1. The monoisotopic (exact) mass is 219 g/mol. The molecule has 0 aliphatic rings. The number of nitrogens with two attached hydrogens (primary N) is 1. The fourth-order valence-electron chi connectivity index (χ4n) is 0.771. The first-order valence-electron chi connectivity index (χ1n) is 3.53.